The summed E-state index contributed by atoms with van der Waals surface area (Å²) in [5, 5.41) is 0. The lowest BCUT2D eigenvalue weighted by molar-refractivity contribution is -0.259. The van der Waals surface area contributed by atoms with Gasteiger partial charge in [-0.25, -0.2) is 19.4 Å². The zero-order valence-electron chi connectivity index (χ0n) is 29.1. The van der Waals surface area contributed by atoms with Crippen LogP contribution in [0.1, 0.15) is 194 Å². The van der Waals surface area contributed by atoms with E-state index in [-0.39, 0.29) is 0 Å². The van der Waals surface area contributed by atoms with Crippen molar-refractivity contribution in [3.63, 3.8) is 0 Å². The van der Waals surface area contributed by atoms with E-state index in [9.17, 15) is 9.59 Å². The Hall–Kier alpha value is -2.10. The molecule has 4 heteroatoms. The van der Waals surface area contributed by atoms with E-state index in [0.29, 0.717) is 12.8 Å². The quantitative estimate of drug-likeness (QED) is 0.0327. The lowest BCUT2D eigenvalue weighted by Crippen LogP contribution is -2.11. The average Bonchev–Trinajstić information content (AvgIpc) is 3.03. The van der Waals surface area contributed by atoms with Crippen molar-refractivity contribution in [3.05, 3.63) is 48.6 Å². The van der Waals surface area contributed by atoms with E-state index in [0.717, 1.165) is 51.4 Å². The molecule has 4 nitrogen and oxygen atoms in total. The molecule has 0 bridgehead atoms. The van der Waals surface area contributed by atoms with Gasteiger partial charge in [-0.3, -0.25) is 0 Å². The van der Waals surface area contributed by atoms with Crippen molar-refractivity contribution in [2.24, 2.45) is 0 Å². The summed E-state index contributed by atoms with van der Waals surface area (Å²) in [5.74, 6) is -0.871. The van der Waals surface area contributed by atoms with E-state index in [2.05, 4.69) is 62.5 Å². The number of allylic oxidation sites excluding steroid dienone is 8. The van der Waals surface area contributed by atoms with Gasteiger partial charge >= 0.3 is 11.9 Å². The van der Waals surface area contributed by atoms with Crippen LogP contribution in [0.5, 0.6) is 0 Å². The predicted octanol–water partition coefficient (Wildman–Crippen LogP) is 13.2. The summed E-state index contributed by atoms with van der Waals surface area (Å²) < 4.78 is 0. The van der Waals surface area contributed by atoms with E-state index in [1.807, 2.05) is 0 Å². The highest BCUT2D eigenvalue weighted by Gasteiger charge is 2.09. The molecule has 0 fully saturated rings. The van der Waals surface area contributed by atoms with Crippen molar-refractivity contribution in [2.75, 3.05) is 0 Å². The van der Waals surface area contributed by atoms with Crippen molar-refractivity contribution in [3.8, 4) is 0 Å². The summed E-state index contributed by atoms with van der Waals surface area (Å²) in [6.45, 7) is 4.49. The molecule has 0 saturated heterocycles. The van der Waals surface area contributed by atoms with Gasteiger partial charge < -0.3 is 0 Å². The summed E-state index contributed by atoms with van der Waals surface area (Å²) in [5.41, 5.74) is 0. The molecular formula is C40H70O4. The van der Waals surface area contributed by atoms with Gasteiger partial charge in [-0.05, 0) is 77.0 Å². The lowest BCUT2D eigenvalue weighted by atomic mass is 10.1. The van der Waals surface area contributed by atoms with E-state index in [1.54, 1.807) is 0 Å². The Morgan fingerprint density at radius 1 is 0.364 bits per heavy atom. The van der Waals surface area contributed by atoms with Crippen LogP contribution in [0, 0.1) is 0 Å². The maximum absolute atomic E-state index is 11.8. The number of rotatable bonds is 32. The van der Waals surface area contributed by atoms with Crippen molar-refractivity contribution < 1.29 is 19.4 Å². The van der Waals surface area contributed by atoms with Crippen LogP contribution in [0.2, 0.25) is 0 Å². The maximum atomic E-state index is 11.8. The number of carbonyl (C=O) groups excluding carboxylic acids is 2. The molecule has 0 radical (unpaired) electrons. The summed E-state index contributed by atoms with van der Waals surface area (Å²) in [6.07, 6.45) is 49.7. The third kappa shape index (κ3) is 36.1. The topological polar surface area (TPSA) is 52.6 Å². The fraction of sp³-hybridized carbons (Fsp3) is 0.750. The summed E-state index contributed by atoms with van der Waals surface area (Å²) in [4.78, 5) is 33.1. The Bertz CT molecular complexity index is 672. The molecule has 0 aliphatic carbocycles. The second-order valence-electron chi connectivity index (χ2n) is 12.3. The van der Waals surface area contributed by atoms with E-state index in [4.69, 9.17) is 9.78 Å². The highest BCUT2D eigenvalue weighted by atomic mass is 17.2. The molecule has 0 N–H and O–H groups in total. The zero-order valence-corrected chi connectivity index (χ0v) is 29.1. The van der Waals surface area contributed by atoms with Crippen molar-refractivity contribution >= 4 is 11.9 Å². The fourth-order valence-electron chi connectivity index (χ4n) is 5.04. The molecular weight excluding hydrogens is 544 g/mol. The molecule has 44 heavy (non-hydrogen) atoms. The number of hydrogen-bond donors (Lipinski definition) is 0. The molecule has 0 atom stereocenters. The molecule has 0 saturated carbocycles. The van der Waals surface area contributed by atoms with E-state index < -0.39 is 11.9 Å². The Labute approximate surface area is 273 Å². The SMILES string of the molecule is CCCCCC=CCC=CCCCCCCCCCC(=O)OOC(=O)CCCCCCCCCC=CCC=CCCCCC. The summed E-state index contributed by atoms with van der Waals surface area (Å²) in [6, 6.07) is 0. The highest BCUT2D eigenvalue weighted by Crippen LogP contribution is 2.12. The average molecular weight is 615 g/mol. The lowest BCUT2D eigenvalue weighted by Gasteiger charge is -2.04. The van der Waals surface area contributed by atoms with E-state index in [1.165, 1.54) is 116 Å². The minimum absolute atomic E-state index is 0.317. The summed E-state index contributed by atoms with van der Waals surface area (Å²) in [7, 11) is 0. The van der Waals surface area contributed by atoms with Gasteiger partial charge in [-0.2, -0.15) is 0 Å². The van der Waals surface area contributed by atoms with Crippen LogP contribution in [-0.2, 0) is 19.4 Å². The van der Waals surface area contributed by atoms with Crippen molar-refractivity contribution in [2.45, 2.75) is 194 Å². The van der Waals surface area contributed by atoms with Crippen LogP contribution >= 0.6 is 0 Å². The van der Waals surface area contributed by atoms with Crippen LogP contribution < -0.4 is 0 Å². The predicted molar refractivity (Wildman–Crippen MR) is 189 cm³/mol. The second-order valence-corrected chi connectivity index (χ2v) is 12.3. The smallest absolute Gasteiger partial charge is 0.247 e. The van der Waals surface area contributed by atoms with Gasteiger partial charge in [0, 0.05) is 0 Å². The van der Waals surface area contributed by atoms with Gasteiger partial charge in [0.15, 0.2) is 0 Å². The minimum Gasteiger partial charge on any atom is -0.247 e. The van der Waals surface area contributed by atoms with Crippen LogP contribution in [0.3, 0.4) is 0 Å². The normalized spacial score (nSPS) is 12.0. The molecule has 254 valence electrons. The molecule has 0 aromatic carbocycles. The molecule has 0 rings (SSSR count). The Morgan fingerprint density at radius 2 is 0.636 bits per heavy atom. The number of unbranched alkanes of at least 4 members (excludes halogenated alkanes) is 20. The zero-order chi connectivity index (χ0) is 32.0. The molecule has 0 unspecified atom stereocenters. The van der Waals surface area contributed by atoms with Crippen LogP contribution in [0.25, 0.3) is 0 Å². The molecule has 0 aliphatic rings. The Balaban J connectivity index is 3.38. The largest absolute Gasteiger partial charge is 0.355 e. The third-order valence-corrected chi connectivity index (χ3v) is 7.89. The first kappa shape index (κ1) is 41.9. The second kappa shape index (κ2) is 37.1. The maximum Gasteiger partial charge on any atom is 0.355 e. The Kier molecular flexibility index (Phi) is 35.3. The molecule has 0 aromatic heterocycles. The van der Waals surface area contributed by atoms with Gasteiger partial charge in [0.05, 0.1) is 12.8 Å². The van der Waals surface area contributed by atoms with Gasteiger partial charge in [0.25, 0.3) is 0 Å². The summed E-state index contributed by atoms with van der Waals surface area (Å²) >= 11 is 0. The van der Waals surface area contributed by atoms with Crippen molar-refractivity contribution in [1.29, 1.82) is 0 Å². The molecule has 0 amide bonds. The molecule has 0 aromatic rings. The van der Waals surface area contributed by atoms with Crippen LogP contribution in [-0.4, -0.2) is 11.9 Å². The fourth-order valence-corrected chi connectivity index (χ4v) is 5.04. The standard InChI is InChI=1S/C40H70O4/c1-3-5-7-9-11-13-15-17-19-21-23-25-27-29-31-33-35-37-39(41)43-44-40(42)38-36-34-32-30-28-26-24-22-20-18-16-14-12-10-8-6-4-2/h11-14,17-20H,3-10,15-16,21-38H2,1-2H3. The van der Waals surface area contributed by atoms with Gasteiger partial charge in [0.2, 0.25) is 0 Å². The van der Waals surface area contributed by atoms with Gasteiger partial charge in [0.1, 0.15) is 0 Å². The molecule has 0 spiro atoms. The highest BCUT2D eigenvalue weighted by molar-refractivity contribution is 5.72. The first-order valence-electron chi connectivity index (χ1n) is 18.7. The van der Waals surface area contributed by atoms with Gasteiger partial charge in [-0.15, -0.1) is 0 Å². The number of carbonyl (C=O) groups is 2. The number of hydrogen-bond acceptors (Lipinski definition) is 4. The molecule has 0 aliphatic heterocycles. The Morgan fingerprint density at radius 3 is 0.955 bits per heavy atom. The van der Waals surface area contributed by atoms with Crippen molar-refractivity contribution in [1.82, 2.24) is 0 Å². The van der Waals surface area contributed by atoms with E-state index >= 15 is 0 Å². The first-order valence-corrected chi connectivity index (χ1v) is 18.7. The van der Waals surface area contributed by atoms with Crippen LogP contribution in [0.4, 0.5) is 0 Å². The monoisotopic (exact) mass is 615 g/mol. The first-order chi connectivity index (χ1) is 21.7. The molecule has 0 heterocycles. The third-order valence-electron chi connectivity index (χ3n) is 7.89. The van der Waals surface area contributed by atoms with Gasteiger partial charge in [-0.1, -0.05) is 152 Å². The van der Waals surface area contributed by atoms with Crippen LogP contribution in [0.15, 0.2) is 48.6 Å². The minimum atomic E-state index is -0.435.